The van der Waals surface area contributed by atoms with Crippen molar-refractivity contribution in [2.75, 3.05) is 12.8 Å². The van der Waals surface area contributed by atoms with E-state index in [1.807, 2.05) is 13.8 Å². The zero-order valence-corrected chi connectivity index (χ0v) is 10.2. The fraction of sp³-hybridized carbons (Fsp3) is 0.364. The fourth-order valence-electron chi connectivity index (χ4n) is 0.986. The van der Waals surface area contributed by atoms with Crippen LogP contribution in [-0.4, -0.2) is 23.3 Å². The molecule has 4 N–H and O–H groups in total. The molecule has 0 radical (unpaired) electrons. The zero-order chi connectivity index (χ0) is 14.9. The summed E-state index contributed by atoms with van der Waals surface area (Å²) >= 11 is 0. The number of benzene rings is 1. The molecule has 0 saturated carbocycles. The lowest BCUT2D eigenvalue weighted by molar-refractivity contribution is -0.138. The molecule has 0 bridgehead atoms. The number of nitrogen functional groups attached to an aromatic ring is 1. The Balaban J connectivity index is 0. The molecule has 1 aromatic carbocycles. The number of nitrogens with two attached hydrogens (primary N) is 1. The van der Waals surface area contributed by atoms with Gasteiger partial charge in [0.1, 0.15) is 0 Å². The lowest BCUT2D eigenvalue weighted by Gasteiger charge is -2.10. The van der Waals surface area contributed by atoms with Gasteiger partial charge in [0.05, 0.1) is 11.1 Å². The molecule has 0 aromatic heterocycles. The van der Waals surface area contributed by atoms with E-state index in [0.717, 1.165) is 19.2 Å². The van der Waals surface area contributed by atoms with Gasteiger partial charge in [0.2, 0.25) is 0 Å². The van der Waals surface area contributed by atoms with E-state index in [9.17, 15) is 18.0 Å². The van der Waals surface area contributed by atoms with Crippen LogP contribution in [0.25, 0.3) is 0 Å². The average molecular weight is 267 g/mol. The van der Waals surface area contributed by atoms with Crippen molar-refractivity contribution in [2.45, 2.75) is 20.0 Å². The maximum absolute atomic E-state index is 12.2. The molecule has 0 unspecified atom stereocenters. The summed E-state index contributed by atoms with van der Waals surface area (Å²) in [6.45, 7) is 4.00. The maximum atomic E-state index is 12.2. The molecule has 0 heterocycles. The minimum atomic E-state index is -4.68. The van der Waals surface area contributed by atoms with Gasteiger partial charge < -0.3 is 15.9 Å². The summed E-state index contributed by atoms with van der Waals surface area (Å²) in [5.74, 6) is -1.65. The first-order valence-electron chi connectivity index (χ1n) is 4.97. The minimum absolute atomic E-state index is 0.0181. The van der Waals surface area contributed by atoms with Crippen molar-refractivity contribution in [3.05, 3.63) is 29.3 Å². The first kappa shape index (κ1) is 18.6. The third kappa shape index (κ3) is 5.53. The third-order valence-corrected chi connectivity index (χ3v) is 1.58. The van der Waals surface area contributed by atoms with Crippen molar-refractivity contribution < 1.29 is 28.2 Å². The van der Waals surface area contributed by atoms with Crippen LogP contribution in [0, 0.1) is 0 Å². The molecule has 7 heteroatoms. The van der Waals surface area contributed by atoms with Crippen LogP contribution in [0.4, 0.5) is 18.9 Å². The van der Waals surface area contributed by atoms with Crippen molar-refractivity contribution in [1.29, 1.82) is 0 Å². The monoisotopic (exact) mass is 267 g/mol. The average Bonchev–Trinajstić information content (AvgIpc) is 2.32. The van der Waals surface area contributed by atoms with Crippen LogP contribution in [0.5, 0.6) is 0 Å². The van der Waals surface area contributed by atoms with E-state index in [2.05, 4.69) is 0 Å². The Labute approximate surface area is 103 Å². The molecule has 1 aromatic rings. The molecular weight excluding hydrogens is 251 g/mol. The van der Waals surface area contributed by atoms with Crippen molar-refractivity contribution in [3.8, 4) is 0 Å². The van der Waals surface area contributed by atoms with Crippen LogP contribution < -0.4 is 5.73 Å². The number of anilines is 1. The molecular formula is C11H16F3NO3. The van der Waals surface area contributed by atoms with Crippen molar-refractivity contribution >= 4 is 11.7 Å². The second-order valence-electron chi connectivity index (χ2n) is 2.61. The molecule has 4 nitrogen and oxygen atoms in total. The van der Waals surface area contributed by atoms with Gasteiger partial charge in [0.25, 0.3) is 0 Å². The van der Waals surface area contributed by atoms with Gasteiger partial charge in [-0.1, -0.05) is 13.8 Å². The van der Waals surface area contributed by atoms with Gasteiger partial charge in [-0.05, 0) is 18.2 Å². The molecule has 0 aliphatic rings. The number of aliphatic hydroxyl groups excluding tert-OH is 1. The summed E-state index contributed by atoms with van der Waals surface area (Å²) in [6, 6.07) is 2.44. The second kappa shape index (κ2) is 8.35. The molecule has 1 rings (SSSR count). The number of carbonyl (C=O) groups is 1. The van der Waals surface area contributed by atoms with Crippen LogP contribution in [-0.2, 0) is 6.18 Å². The lowest BCUT2D eigenvalue weighted by atomic mass is 10.1. The van der Waals surface area contributed by atoms with Crippen molar-refractivity contribution in [2.24, 2.45) is 0 Å². The van der Waals surface area contributed by atoms with Crippen LogP contribution in [0.2, 0.25) is 0 Å². The van der Waals surface area contributed by atoms with E-state index in [1.54, 1.807) is 0 Å². The highest BCUT2D eigenvalue weighted by Crippen LogP contribution is 2.32. The van der Waals surface area contributed by atoms with Crippen molar-refractivity contribution in [1.82, 2.24) is 0 Å². The molecule has 104 valence electrons. The topological polar surface area (TPSA) is 83.5 Å². The zero-order valence-electron chi connectivity index (χ0n) is 10.2. The Hall–Kier alpha value is -1.76. The van der Waals surface area contributed by atoms with Crippen molar-refractivity contribution in [3.63, 3.8) is 0 Å². The number of aliphatic hydroxyl groups is 1. The van der Waals surface area contributed by atoms with Crippen LogP contribution in [0.1, 0.15) is 29.8 Å². The molecule has 18 heavy (non-hydrogen) atoms. The van der Waals surface area contributed by atoms with E-state index >= 15 is 0 Å². The predicted octanol–water partition coefficient (Wildman–Crippen LogP) is 2.62. The van der Waals surface area contributed by atoms with E-state index in [4.69, 9.17) is 15.9 Å². The number of rotatable bonds is 1. The summed E-state index contributed by atoms with van der Waals surface area (Å²) in [5.41, 5.74) is 3.13. The number of hydrogen-bond acceptors (Lipinski definition) is 3. The highest BCUT2D eigenvalue weighted by atomic mass is 19.4. The predicted molar refractivity (Wildman–Crippen MR) is 62.3 cm³/mol. The number of carboxylic acids is 1. The van der Waals surface area contributed by atoms with Gasteiger partial charge in [-0.15, -0.1) is 0 Å². The molecule has 0 spiro atoms. The van der Waals surface area contributed by atoms with Gasteiger partial charge in [-0.3, -0.25) is 0 Å². The number of hydrogen-bond donors (Lipinski definition) is 3. The minimum Gasteiger partial charge on any atom is -0.478 e. The van der Waals surface area contributed by atoms with E-state index < -0.39 is 23.3 Å². The first-order chi connectivity index (χ1) is 8.32. The highest BCUT2D eigenvalue weighted by Gasteiger charge is 2.35. The van der Waals surface area contributed by atoms with Crippen LogP contribution >= 0.6 is 0 Å². The number of alkyl halides is 3. The summed E-state index contributed by atoms with van der Waals surface area (Å²) in [6.07, 6.45) is -4.68. The second-order valence-corrected chi connectivity index (χ2v) is 2.61. The van der Waals surface area contributed by atoms with E-state index in [1.165, 1.54) is 0 Å². The molecule has 0 saturated heterocycles. The van der Waals surface area contributed by atoms with Gasteiger partial charge >= 0.3 is 12.1 Å². The molecule has 0 amide bonds. The van der Waals surface area contributed by atoms with Crippen LogP contribution in [0.3, 0.4) is 0 Å². The quantitative estimate of drug-likeness (QED) is 0.683. The largest absolute Gasteiger partial charge is 0.478 e. The molecule has 0 fully saturated rings. The Kier molecular flexibility index (Phi) is 8.63. The SMILES string of the molecule is CC.CO.Nc1ccc(C(F)(F)F)c(C(=O)O)c1. The smallest absolute Gasteiger partial charge is 0.417 e. The van der Waals surface area contributed by atoms with Gasteiger partial charge in [-0.2, -0.15) is 13.2 Å². The number of halogens is 3. The number of aromatic carboxylic acids is 1. The number of carboxylic acid groups (broad SMARTS) is 1. The Morgan fingerprint density at radius 2 is 1.67 bits per heavy atom. The highest BCUT2D eigenvalue weighted by molar-refractivity contribution is 5.90. The third-order valence-electron chi connectivity index (χ3n) is 1.58. The standard InChI is InChI=1S/C8H6F3NO2.C2H6.CH4O/c9-8(10,11)6-2-1-4(12)3-5(6)7(13)14;2*1-2/h1-3H,12H2,(H,13,14);1-2H3;2H,1H3. The van der Waals surface area contributed by atoms with Crippen LogP contribution in [0.15, 0.2) is 18.2 Å². The van der Waals surface area contributed by atoms with E-state index in [0.29, 0.717) is 6.07 Å². The summed E-state index contributed by atoms with van der Waals surface area (Å²) in [5, 5.41) is 15.5. The lowest BCUT2D eigenvalue weighted by Crippen LogP contribution is -2.13. The summed E-state index contributed by atoms with van der Waals surface area (Å²) in [7, 11) is 1.00. The normalized spacial score (nSPS) is 9.50. The summed E-state index contributed by atoms with van der Waals surface area (Å²) in [4.78, 5) is 10.5. The Morgan fingerprint density at radius 1 is 1.22 bits per heavy atom. The molecule has 0 aliphatic heterocycles. The van der Waals surface area contributed by atoms with Gasteiger partial charge in [-0.25, -0.2) is 4.79 Å². The Morgan fingerprint density at radius 3 is 2.00 bits per heavy atom. The maximum Gasteiger partial charge on any atom is 0.417 e. The molecule has 0 atom stereocenters. The molecule has 0 aliphatic carbocycles. The fourth-order valence-corrected chi connectivity index (χ4v) is 0.986. The summed E-state index contributed by atoms with van der Waals surface area (Å²) < 4.78 is 36.7. The Bertz CT molecular complexity index is 378. The van der Waals surface area contributed by atoms with Gasteiger partial charge in [0.15, 0.2) is 0 Å². The first-order valence-corrected chi connectivity index (χ1v) is 4.97. The van der Waals surface area contributed by atoms with Gasteiger partial charge in [0, 0.05) is 12.8 Å². The van der Waals surface area contributed by atoms with E-state index in [-0.39, 0.29) is 5.69 Å².